The number of nitrogens with one attached hydrogen (secondary N) is 2. The minimum atomic E-state index is 0. The highest BCUT2D eigenvalue weighted by molar-refractivity contribution is 5.85. The van der Waals surface area contributed by atoms with Crippen molar-refractivity contribution in [2.24, 2.45) is 5.92 Å². The summed E-state index contributed by atoms with van der Waals surface area (Å²) in [6.07, 6.45) is 3.36. The molecule has 1 fully saturated rings. The van der Waals surface area contributed by atoms with Gasteiger partial charge in [-0.15, -0.1) is 12.4 Å². The summed E-state index contributed by atoms with van der Waals surface area (Å²) < 4.78 is 4.88. The van der Waals surface area contributed by atoms with Gasteiger partial charge in [0, 0.05) is 32.7 Å². The van der Waals surface area contributed by atoms with Crippen molar-refractivity contribution in [1.82, 2.24) is 10.6 Å². The van der Waals surface area contributed by atoms with Crippen molar-refractivity contribution in [3.63, 3.8) is 0 Å². The molecule has 1 amide bonds. The number of carbonyl (C=O) groups is 1. The van der Waals surface area contributed by atoms with E-state index < -0.39 is 0 Å². The zero-order valence-corrected chi connectivity index (χ0v) is 10.1. The van der Waals surface area contributed by atoms with E-state index in [4.69, 9.17) is 4.74 Å². The molecule has 1 aliphatic carbocycles. The third-order valence-electron chi connectivity index (χ3n) is 2.56. The normalized spacial score (nSPS) is 15.3. The van der Waals surface area contributed by atoms with E-state index in [9.17, 15) is 4.79 Å². The fraction of sp³-hybridized carbons (Fsp3) is 0.900. The van der Waals surface area contributed by atoms with Gasteiger partial charge in [0.1, 0.15) is 0 Å². The first-order valence-electron chi connectivity index (χ1n) is 5.32. The molecule has 0 aliphatic heterocycles. The fourth-order valence-electron chi connectivity index (χ4n) is 1.39. The molecule has 15 heavy (non-hydrogen) atoms. The van der Waals surface area contributed by atoms with E-state index in [-0.39, 0.29) is 18.3 Å². The van der Waals surface area contributed by atoms with Crippen molar-refractivity contribution in [1.29, 1.82) is 0 Å². The predicted octanol–water partition coefficient (Wildman–Crippen LogP) is 0.560. The second kappa shape index (κ2) is 8.95. The number of hydrogen-bond acceptors (Lipinski definition) is 3. The van der Waals surface area contributed by atoms with E-state index in [1.807, 2.05) is 0 Å². The van der Waals surface area contributed by atoms with Crippen LogP contribution in [0.2, 0.25) is 0 Å². The molecule has 1 saturated carbocycles. The van der Waals surface area contributed by atoms with Crippen LogP contribution in [-0.2, 0) is 9.53 Å². The molecule has 0 atom stereocenters. The molecular formula is C10H21ClN2O2. The van der Waals surface area contributed by atoms with Crippen LogP contribution in [0.5, 0.6) is 0 Å². The lowest BCUT2D eigenvalue weighted by Gasteiger charge is -2.24. The first-order valence-corrected chi connectivity index (χ1v) is 5.32. The standard InChI is InChI=1S/C10H20N2O2.ClH/c1-14-8-7-11-5-6-12-10(13)9-3-2-4-9;/h9,11H,2-8H2,1H3,(H,12,13);1H. The maximum atomic E-state index is 11.4. The maximum Gasteiger partial charge on any atom is 0.223 e. The highest BCUT2D eigenvalue weighted by Gasteiger charge is 2.24. The topological polar surface area (TPSA) is 50.4 Å². The third kappa shape index (κ3) is 5.97. The zero-order valence-electron chi connectivity index (χ0n) is 9.25. The Morgan fingerprint density at radius 2 is 2.07 bits per heavy atom. The van der Waals surface area contributed by atoms with E-state index in [1.165, 1.54) is 6.42 Å². The van der Waals surface area contributed by atoms with Crippen LogP contribution >= 0.6 is 12.4 Å². The smallest absolute Gasteiger partial charge is 0.223 e. The van der Waals surface area contributed by atoms with Crippen molar-refractivity contribution in [3.8, 4) is 0 Å². The number of hydrogen-bond donors (Lipinski definition) is 2. The Labute approximate surface area is 97.5 Å². The SMILES string of the molecule is COCCNCCNC(=O)C1CCC1.Cl. The van der Waals surface area contributed by atoms with E-state index >= 15 is 0 Å². The molecule has 2 N–H and O–H groups in total. The highest BCUT2D eigenvalue weighted by atomic mass is 35.5. The van der Waals surface area contributed by atoms with E-state index in [0.29, 0.717) is 5.92 Å². The van der Waals surface area contributed by atoms with Gasteiger partial charge in [0.2, 0.25) is 5.91 Å². The van der Waals surface area contributed by atoms with Gasteiger partial charge in [-0.2, -0.15) is 0 Å². The van der Waals surface area contributed by atoms with Crippen molar-refractivity contribution >= 4 is 18.3 Å². The van der Waals surface area contributed by atoms with Crippen molar-refractivity contribution < 1.29 is 9.53 Å². The number of amides is 1. The van der Waals surface area contributed by atoms with Gasteiger partial charge in [0.05, 0.1) is 6.61 Å². The maximum absolute atomic E-state index is 11.4. The Kier molecular flexibility index (Phi) is 8.76. The number of rotatable bonds is 7. The van der Waals surface area contributed by atoms with Gasteiger partial charge in [0.15, 0.2) is 0 Å². The third-order valence-corrected chi connectivity index (χ3v) is 2.56. The van der Waals surface area contributed by atoms with Crippen LogP contribution in [0.25, 0.3) is 0 Å². The fourth-order valence-corrected chi connectivity index (χ4v) is 1.39. The average molecular weight is 237 g/mol. The van der Waals surface area contributed by atoms with Crippen LogP contribution in [0, 0.1) is 5.92 Å². The minimum Gasteiger partial charge on any atom is -0.383 e. The Morgan fingerprint density at radius 1 is 1.33 bits per heavy atom. The molecule has 0 spiro atoms. The van der Waals surface area contributed by atoms with E-state index in [0.717, 1.165) is 39.1 Å². The molecule has 1 aliphatic rings. The van der Waals surface area contributed by atoms with Gasteiger partial charge in [-0.05, 0) is 12.8 Å². The lowest BCUT2D eigenvalue weighted by atomic mass is 9.85. The second-order valence-corrected chi connectivity index (χ2v) is 3.66. The van der Waals surface area contributed by atoms with Gasteiger partial charge in [-0.1, -0.05) is 6.42 Å². The lowest BCUT2D eigenvalue weighted by molar-refractivity contribution is -0.127. The Bertz CT molecular complexity index is 175. The van der Waals surface area contributed by atoms with E-state index in [2.05, 4.69) is 10.6 Å². The Morgan fingerprint density at radius 3 is 2.60 bits per heavy atom. The van der Waals surface area contributed by atoms with Crippen molar-refractivity contribution in [3.05, 3.63) is 0 Å². The molecule has 0 bridgehead atoms. The Balaban J connectivity index is 0.00000196. The summed E-state index contributed by atoms with van der Waals surface area (Å²) in [5.41, 5.74) is 0. The number of methoxy groups -OCH3 is 1. The molecule has 0 aromatic rings. The summed E-state index contributed by atoms with van der Waals surface area (Å²) in [5, 5.41) is 6.10. The molecule has 0 heterocycles. The number of halogens is 1. The van der Waals surface area contributed by atoms with Gasteiger partial charge in [0.25, 0.3) is 0 Å². The summed E-state index contributed by atoms with van der Waals surface area (Å²) in [6.45, 7) is 3.10. The first-order chi connectivity index (χ1) is 6.84. The van der Waals surface area contributed by atoms with Gasteiger partial charge >= 0.3 is 0 Å². The first kappa shape index (κ1) is 14.7. The molecule has 1 rings (SSSR count). The quantitative estimate of drug-likeness (QED) is 0.636. The number of ether oxygens (including phenoxy) is 1. The molecule has 0 aromatic carbocycles. The molecule has 4 nitrogen and oxygen atoms in total. The lowest BCUT2D eigenvalue weighted by Crippen LogP contribution is -2.38. The molecule has 0 aromatic heterocycles. The summed E-state index contributed by atoms with van der Waals surface area (Å²) in [6, 6.07) is 0. The van der Waals surface area contributed by atoms with Crippen LogP contribution in [0.4, 0.5) is 0 Å². The number of carbonyl (C=O) groups excluding carboxylic acids is 1. The molecule has 5 heteroatoms. The van der Waals surface area contributed by atoms with Gasteiger partial charge in [-0.3, -0.25) is 4.79 Å². The molecule has 0 radical (unpaired) electrons. The molecule has 90 valence electrons. The van der Waals surface area contributed by atoms with Gasteiger partial charge in [-0.25, -0.2) is 0 Å². The van der Waals surface area contributed by atoms with Gasteiger partial charge < -0.3 is 15.4 Å². The zero-order chi connectivity index (χ0) is 10.2. The average Bonchev–Trinajstić information content (AvgIpc) is 2.08. The summed E-state index contributed by atoms with van der Waals surface area (Å²) in [5.74, 6) is 0.527. The van der Waals surface area contributed by atoms with Crippen LogP contribution in [0.3, 0.4) is 0 Å². The largest absolute Gasteiger partial charge is 0.383 e. The molecule has 0 unspecified atom stereocenters. The summed E-state index contributed by atoms with van der Waals surface area (Å²) in [4.78, 5) is 11.4. The second-order valence-electron chi connectivity index (χ2n) is 3.66. The van der Waals surface area contributed by atoms with Crippen LogP contribution in [0.15, 0.2) is 0 Å². The summed E-state index contributed by atoms with van der Waals surface area (Å²) in [7, 11) is 1.68. The molecular weight excluding hydrogens is 216 g/mol. The summed E-state index contributed by atoms with van der Waals surface area (Å²) >= 11 is 0. The van der Waals surface area contributed by atoms with Crippen LogP contribution < -0.4 is 10.6 Å². The predicted molar refractivity (Wildman–Crippen MR) is 62.3 cm³/mol. The van der Waals surface area contributed by atoms with E-state index in [1.54, 1.807) is 7.11 Å². The van der Waals surface area contributed by atoms with Crippen molar-refractivity contribution in [2.45, 2.75) is 19.3 Å². The molecule has 0 saturated heterocycles. The van der Waals surface area contributed by atoms with Crippen LogP contribution in [-0.4, -0.2) is 39.3 Å². The Hall–Kier alpha value is -0.320. The highest BCUT2D eigenvalue weighted by Crippen LogP contribution is 2.25. The minimum absolute atomic E-state index is 0. The van der Waals surface area contributed by atoms with Crippen LogP contribution in [0.1, 0.15) is 19.3 Å². The monoisotopic (exact) mass is 236 g/mol. The van der Waals surface area contributed by atoms with Crippen molar-refractivity contribution in [2.75, 3.05) is 33.4 Å².